The summed E-state index contributed by atoms with van der Waals surface area (Å²) in [6.07, 6.45) is 6.08. The Kier molecular flexibility index (Phi) is 6.75. The van der Waals surface area contributed by atoms with E-state index in [2.05, 4.69) is 0 Å². The van der Waals surface area contributed by atoms with Crippen LogP contribution in [0.3, 0.4) is 0 Å². The van der Waals surface area contributed by atoms with Crippen LogP contribution in [0.25, 0.3) is 6.08 Å². The number of rotatable bonds is 7. The van der Waals surface area contributed by atoms with Crippen LogP contribution in [0.15, 0.2) is 36.4 Å². The zero-order chi connectivity index (χ0) is 12.3. The molecule has 0 aliphatic carbocycles. The highest BCUT2D eigenvalue weighted by molar-refractivity contribution is 5.86. The molecular formula is C14H19NO2. The van der Waals surface area contributed by atoms with Crippen molar-refractivity contribution < 1.29 is 9.53 Å². The van der Waals surface area contributed by atoms with E-state index < -0.39 is 0 Å². The van der Waals surface area contributed by atoms with Gasteiger partial charge in [-0.15, -0.1) is 0 Å². The monoisotopic (exact) mass is 233 g/mol. The number of hydrogen-bond donors (Lipinski definition) is 1. The molecule has 0 fully saturated rings. The second-order valence-electron chi connectivity index (χ2n) is 3.76. The molecule has 2 N–H and O–H groups in total. The fourth-order valence-corrected chi connectivity index (χ4v) is 1.37. The highest BCUT2D eigenvalue weighted by Crippen LogP contribution is 2.01. The fourth-order valence-electron chi connectivity index (χ4n) is 1.37. The van der Waals surface area contributed by atoms with Crippen molar-refractivity contribution >= 4 is 12.0 Å². The van der Waals surface area contributed by atoms with E-state index in [0.29, 0.717) is 13.2 Å². The lowest BCUT2D eigenvalue weighted by atomic mass is 10.2. The van der Waals surface area contributed by atoms with E-state index in [0.717, 1.165) is 24.8 Å². The van der Waals surface area contributed by atoms with Crippen molar-refractivity contribution in [2.24, 2.45) is 5.73 Å². The first-order valence-electron chi connectivity index (χ1n) is 5.93. The number of carbonyl (C=O) groups is 1. The molecule has 1 aromatic rings. The van der Waals surface area contributed by atoms with Gasteiger partial charge in [0, 0.05) is 6.08 Å². The van der Waals surface area contributed by atoms with Gasteiger partial charge in [0.25, 0.3) is 0 Å². The van der Waals surface area contributed by atoms with Crippen LogP contribution in [0.4, 0.5) is 0 Å². The van der Waals surface area contributed by atoms with Gasteiger partial charge in [0.2, 0.25) is 0 Å². The van der Waals surface area contributed by atoms with Gasteiger partial charge in [-0.1, -0.05) is 30.3 Å². The summed E-state index contributed by atoms with van der Waals surface area (Å²) in [4.78, 5) is 11.3. The molecule has 1 aromatic carbocycles. The third-order valence-corrected chi connectivity index (χ3v) is 2.30. The maximum atomic E-state index is 11.3. The molecule has 0 amide bonds. The zero-order valence-corrected chi connectivity index (χ0v) is 9.97. The normalized spacial score (nSPS) is 10.6. The molecule has 0 spiro atoms. The van der Waals surface area contributed by atoms with Crippen molar-refractivity contribution in [3.8, 4) is 0 Å². The molecule has 0 radical (unpaired) electrons. The minimum Gasteiger partial charge on any atom is -0.463 e. The number of benzene rings is 1. The van der Waals surface area contributed by atoms with Crippen LogP contribution in [0.5, 0.6) is 0 Å². The van der Waals surface area contributed by atoms with Crippen molar-refractivity contribution in [1.82, 2.24) is 0 Å². The van der Waals surface area contributed by atoms with Crippen molar-refractivity contribution in [2.45, 2.75) is 19.3 Å². The van der Waals surface area contributed by atoms with Crippen LogP contribution >= 0.6 is 0 Å². The SMILES string of the molecule is NCCCCCOC(=O)/C=C/c1ccccc1. The number of hydrogen-bond acceptors (Lipinski definition) is 3. The summed E-state index contributed by atoms with van der Waals surface area (Å²) in [6, 6.07) is 9.67. The molecule has 0 aliphatic heterocycles. The van der Waals surface area contributed by atoms with Gasteiger partial charge in [0.1, 0.15) is 0 Å². The molecule has 0 unspecified atom stereocenters. The van der Waals surface area contributed by atoms with Gasteiger partial charge in [0.15, 0.2) is 0 Å². The standard InChI is InChI=1S/C14H19NO2/c15-11-5-2-6-12-17-14(16)10-9-13-7-3-1-4-8-13/h1,3-4,7-10H,2,5-6,11-12,15H2/b10-9+. The maximum Gasteiger partial charge on any atom is 0.330 e. The highest BCUT2D eigenvalue weighted by Gasteiger charge is 1.96. The first-order chi connectivity index (χ1) is 8.33. The molecule has 17 heavy (non-hydrogen) atoms. The van der Waals surface area contributed by atoms with E-state index in [1.807, 2.05) is 30.3 Å². The summed E-state index contributed by atoms with van der Waals surface area (Å²) in [5, 5.41) is 0. The van der Waals surface area contributed by atoms with E-state index >= 15 is 0 Å². The first kappa shape index (κ1) is 13.5. The Morgan fingerprint density at radius 2 is 1.94 bits per heavy atom. The van der Waals surface area contributed by atoms with Crippen LogP contribution in [0.2, 0.25) is 0 Å². The van der Waals surface area contributed by atoms with Gasteiger partial charge in [0.05, 0.1) is 6.61 Å². The Hall–Kier alpha value is -1.61. The number of carbonyl (C=O) groups excluding carboxylic acids is 1. The average Bonchev–Trinajstić information content (AvgIpc) is 2.37. The van der Waals surface area contributed by atoms with Crippen LogP contribution in [0, 0.1) is 0 Å². The fraction of sp³-hybridized carbons (Fsp3) is 0.357. The average molecular weight is 233 g/mol. The third kappa shape index (κ3) is 6.53. The largest absolute Gasteiger partial charge is 0.463 e. The molecule has 0 aliphatic rings. The van der Waals surface area contributed by atoms with Gasteiger partial charge in [-0.25, -0.2) is 4.79 Å². The van der Waals surface area contributed by atoms with Crippen molar-refractivity contribution in [3.63, 3.8) is 0 Å². The number of esters is 1. The summed E-state index contributed by atoms with van der Waals surface area (Å²) in [6.45, 7) is 1.17. The molecule has 0 heterocycles. The van der Waals surface area contributed by atoms with E-state index in [1.165, 1.54) is 6.08 Å². The Bertz CT molecular complexity index is 346. The minimum atomic E-state index is -0.290. The second kappa shape index (κ2) is 8.53. The smallest absolute Gasteiger partial charge is 0.330 e. The summed E-state index contributed by atoms with van der Waals surface area (Å²) >= 11 is 0. The van der Waals surface area contributed by atoms with Gasteiger partial charge < -0.3 is 10.5 Å². The minimum absolute atomic E-state index is 0.290. The summed E-state index contributed by atoms with van der Waals surface area (Å²) in [7, 11) is 0. The molecule has 3 heteroatoms. The topological polar surface area (TPSA) is 52.3 Å². The lowest BCUT2D eigenvalue weighted by molar-refractivity contribution is -0.137. The maximum absolute atomic E-state index is 11.3. The quantitative estimate of drug-likeness (QED) is 0.447. The molecule has 0 atom stereocenters. The number of ether oxygens (including phenoxy) is 1. The van der Waals surface area contributed by atoms with E-state index in [1.54, 1.807) is 6.08 Å². The molecule has 92 valence electrons. The van der Waals surface area contributed by atoms with Gasteiger partial charge in [-0.05, 0) is 37.4 Å². The van der Waals surface area contributed by atoms with E-state index in [9.17, 15) is 4.79 Å². The third-order valence-electron chi connectivity index (χ3n) is 2.30. The number of unbranched alkanes of at least 4 members (excludes halogenated alkanes) is 2. The second-order valence-corrected chi connectivity index (χ2v) is 3.76. The van der Waals surface area contributed by atoms with Crippen LogP contribution < -0.4 is 5.73 Å². The van der Waals surface area contributed by atoms with Gasteiger partial charge in [-0.3, -0.25) is 0 Å². The highest BCUT2D eigenvalue weighted by atomic mass is 16.5. The molecular weight excluding hydrogens is 214 g/mol. The van der Waals surface area contributed by atoms with E-state index in [-0.39, 0.29) is 5.97 Å². The molecule has 0 bridgehead atoms. The molecule has 0 saturated heterocycles. The predicted molar refractivity (Wildman–Crippen MR) is 69.3 cm³/mol. The lowest BCUT2D eigenvalue weighted by Gasteiger charge is -2.00. The molecule has 0 saturated carbocycles. The Morgan fingerprint density at radius 3 is 2.65 bits per heavy atom. The van der Waals surface area contributed by atoms with Crippen LogP contribution in [-0.2, 0) is 9.53 Å². The Balaban J connectivity index is 2.19. The van der Waals surface area contributed by atoms with Gasteiger partial charge >= 0.3 is 5.97 Å². The predicted octanol–water partition coefficient (Wildman–Crippen LogP) is 2.37. The Morgan fingerprint density at radius 1 is 1.18 bits per heavy atom. The summed E-state index contributed by atoms with van der Waals surface area (Å²) in [5.74, 6) is -0.290. The van der Waals surface area contributed by atoms with Crippen LogP contribution in [0.1, 0.15) is 24.8 Å². The van der Waals surface area contributed by atoms with Crippen molar-refractivity contribution in [3.05, 3.63) is 42.0 Å². The molecule has 0 aromatic heterocycles. The van der Waals surface area contributed by atoms with Crippen molar-refractivity contribution in [1.29, 1.82) is 0 Å². The number of nitrogens with two attached hydrogens (primary N) is 1. The van der Waals surface area contributed by atoms with E-state index in [4.69, 9.17) is 10.5 Å². The van der Waals surface area contributed by atoms with Gasteiger partial charge in [-0.2, -0.15) is 0 Å². The summed E-state index contributed by atoms with van der Waals surface area (Å²) in [5.41, 5.74) is 6.36. The Labute approximate surface area is 102 Å². The molecule has 1 rings (SSSR count). The van der Waals surface area contributed by atoms with Crippen LogP contribution in [-0.4, -0.2) is 19.1 Å². The lowest BCUT2D eigenvalue weighted by Crippen LogP contribution is -2.03. The summed E-state index contributed by atoms with van der Waals surface area (Å²) < 4.78 is 5.04. The molecule has 3 nitrogen and oxygen atoms in total. The first-order valence-corrected chi connectivity index (χ1v) is 5.93. The zero-order valence-electron chi connectivity index (χ0n) is 9.97. The van der Waals surface area contributed by atoms with Crippen molar-refractivity contribution in [2.75, 3.05) is 13.2 Å².